The quantitative estimate of drug-likeness (QED) is 0.464. The van der Waals surface area contributed by atoms with E-state index in [1.54, 1.807) is 24.3 Å². The molecule has 24 heavy (non-hydrogen) atoms. The van der Waals surface area contributed by atoms with Gasteiger partial charge in [-0.05, 0) is 29.8 Å². The van der Waals surface area contributed by atoms with Crippen molar-refractivity contribution in [2.45, 2.75) is 6.54 Å². The second kappa shape index (κ2) is 8.33. The van der Waals surface area contributed by atoms with Gasteiger partial charge in [0.05, 0.1) is 13.1 Å². The van der Waals surface area contributed by atoms with Crippen molar-refractivity contribution in [3.05, 3.63) is 65.7 Å². The minimum absolute atomic E-state index is 0.188. The minimum Gasteiger partial charge on any atom is -0.370 e. The van der Waals surface area contributed by atoms with E-state index in [9.17, 15) is 9.59 Å². The van der Waals surface area contributed by atoms with Crippen molar-refractivity contribution < 1.29 is 9.59 Å². The van der Waals surface area contributed by atoms with Gasteiger partial charge < -0.3 is 22.1 Å². The topological polar surface area (TPSA) is 123 Å². The van der Waals surface area contributed by atoms with E-state index in [1.807, 2.05) is 30.3 Å². The number of para-hydroxylation sites is 1. The molecule has 0 saturated carbocycles. The number of nitrogens with one attached hydrogen (secondary N) is 2. The van der Waals surface area contributed by atoms with Crippen LogP contribution < -0.4 is 22.1 Å². The molecule has 0 aromatic heterocycles. The lowest BCUT2D eigenvalue weighted by Crippen LogP contribution is -2.33. The lowest BCUT2D eigenvalue weighted by atomic mass is 10.1. The van der Waals surface area contributed by atoms with Crippen LogP contribution in [-0.2, 0) is 11.3 Å². The molecule has 0 fully saturated rings. The van der Waals surface area contributed by atoms with Crippen molar-refractivity contribution in [3.63, 3.8) is 0 Å². The molecule has 2 rings (SSSR count). The molecule has 0 atom stereocenters. The molecule has 0 bridgehead atoms. The van der Waals surface area contributed by atoms with Crippen LogP contribution in [0.3, 0.4) is 0 Å². The summed E-state index contributed by atoms with van der Waals surface area (Å²) in [7, 11) is 0. The predicted octanol–water partition coefficient (Wildman–Crippen LogP) is 0.829. The molecule has 0 unspecified atom stereocenters. The third-order valence-corrected chi connectivity index (χ3v) is 3.12. The van der Waals surface area contributed by atoms with E-state index in [0.717, 1.165) is 11.3 Å². The summed E-state index contributed by atoms with van der Waals surface area (Å²) in [5.74, 6) is -0.630. The van der Waals surface area contributed by atoms with Crippen LogP contribution in [0.15, 0.2) is 59.6 Å². The van der Waals surface area contributed by atoms with Crippen molar-refractivity contribution in [1.82, 2.24) is 5.32 Å². The third-order valence-electron chi connectivity index (χ3n) is 3.12. The summed E-state index contributed by atoms with van der Waals surface area (Å²) in [6.45, 7) is 0.196. The van der Waals surface area contributed by atoms with E-state index in [4.69, 9.17) is 11.5 Å². The molecule has 0 aliphatic heterocycles. The number of rotatable bonds is 6. The first-order valence-electron chi connectivity index (χ1n) is 7.32. The average molecular weight is 325 g/mol. The van der Waals surface area contributed by atoms with Gasteiger partial charge in [0.25, 0.3) is 5.91 Å². The van der Waals surface area contributed by atoms with Crippen molar-refractivity contribution in [1.29, 1.82) is 0 Å². The fourth-order valence-electron chi connectivity index (χ4n) is 1.92. The van der Waals surface area contributed by atoms with Crippen LogP contribution in [0.25, 0.3) is 0 Å². The van der Waals surface area contributed by atoms with E-state index < -0.39 is 5.91 Å². The maximum Gasteiger partial charge on any atom is 0.251 e. The van der Waals surface area contributed by atoms with Crippen molar-refractivity contribution in [2.75, 3.05) is 11.9 Å². The van der Waals surface area contributed by atoms with Gasteiger partial charge in [0.15, 0.2) is 5.96 Å². The molecule has 0 radical (unpaired) electrons. The number of hydrogen-bond acceptors (Lipinski definition) is 3. The zero-order chi connectivity index (χ0) is 17.4. The number of hydrogen-bond donors (Lipinski definition) is 4. The van der Waals surface area contributed by atoms with Crippen molar-refractivity contribution >= 4 is 23.5 Å². The van der Waals surface area contributed by atoms with Crippen molar-refractivity contribution in [2.24, 2.45) is 16.5 Å². The summed E-state index contributed by atoms with van der Waals surface area (Å²) in [5, 5.41) is 5.41. The Morgan fingerprint density at radius 2 is 1.62 bits per heavy atom. The molecule has 6 N–H and O–H groups in total. The molecule has 124 valence electrons. The van der Waals surface area contributed by atoms with Crippen LogP contribution in [-0.4, -0.2) is 24.3 Å². The lowest BCUT2D eigenvalue weighted by Gasteiger charge is -2.06. The second-order valence-corrected chi connectivity index (χ2v) is 5.04. The van der Waals surface area contributed by atoms with Gasteiger partial charge in [-0.1, -0.05) is 30.3 Å². The maximum atomic E-state index is 11.8. The number of anilines is 1. The molecule has 0 saturated heterocycles. The van der Waals surface area contributed by atoms with Crippen LogP contribution in [0, 0.1) is 0 Å². The summed E-state index contributed by atoms with van der Waals surface area (Å²) in [6, 6.07) is 16.4. The molecule has 0 aliphatic carbocycles. The number of carbonyl (C=O) groups excluding carboxylic acids is 2. The Morgan fingerprint density at radius 1 is 0.958 bits per heavy atom. The second-order valence-electron chi connectivity index (χ2n) is 5.04. The molecule has 2 aromatic carbocycles. The predicted molar refractivity (Wildman–Crippen MR) is 93.4 cm³/mol. The highest BCUT2D eigenvalue weighted by molar-refractivity contribution is 5.96. The lowest BCUT2D eigenvalue weighted by molar-refractivity contribution is -0.117. The van der Waals surface area contributed by atoms with Gasteiger partial charge in [-0.3, -0.25) is 9.59 Å². The molecule has 7 heteroatoms. The monoisotopic (exact) mass is 325 g/mol. The summed E-state index contributed by atoms with van der Waals surface area (Å²) in [5.41, 5.74) is 13.0. The van der Waals surface area contributed by atoms with Gasteiger partial charge in [0.1, 0.15) is 0 Å². The average Bonchev–Trinajstić information content (AvgIpc) is 2.59. The number of benzene rings is 2. The van der Waals surface area contributed by atoms with E-state index in [0.29, 0.717) is 18.1 Å². The van der Waals surface area contributed by atoms with E-state index >= 15 is 0 Å². The number of nitrogens with zero attached hydrogens (tertiary/aromatic N) is 1. The van der Waals surface area contributed by atoms with Gasteiger partial charge in [0.2, 0.25) is 5.91 Å². The zero-order valence-electron chi connectivity index (χ0n) is 13.0. The molecule has 0 heterocycles. The largest absolute Gasteiger partial charge is 0.370 e. The molecule has 0 spiro atoms. The van der Waals surface area contributed by atoms with Crippen LogP contribution in [0.5, 0.6) is 0 Å². The van der Waals surface area contributed by atoms with E-state index in [2.05, 4.69) is 15.6 Å². The first-order valence-corrected chi connectivity index (χ1v) is 7.32. The smallest absolute Gasteiger partial charge is 0.251 e. The van der Waals surface area contributed by atoms with Gasteiger partial charge in [-0.25, -0.2) is 4.99 Å². The SMILES string of the molecule is NC(=O)CNC(=O)c1ccc(CN=C(N)Nc2ccccc2)cc1. The fourth-order valence-corrected chi connectivity index (χ4v) is 1.92. The van der Waals surface area contributed by atoms with Crippen LogP contribution in [0.1, 0.15) is 15.9 Å². The van der Waals surface area contributed by atoms with Gasteiger partial charge >= 0.3 is 0 Å². The van der Waals surface area contributed by atoms with E-state index in [1.165, 1.54) is 0 Å². The summed E-state index contributed by atoms with van der Waals surface area (Å²) in [6.07, 6.45) is 0. The van der Waals surface area contributed by atoms with Crippen LogP contribution >= 0.6 is 0 Å². The highest BCUT2D eigenvalue weighted by atomic mass is 16.2. The normalized spacial score (nSPS) is 10.9. The molecule has 2 aromatic rings. The number of amides is 2. The highest BCUT2D eigenvalue weighted by Crippen LogP contribution is 2.07. The zero-order valence-corrected chi connectivity index (χ0v) is 13.0. The van der Waals surface area contributed by atoms with Gasteiger partial charge in [0, 0.05) is 11.3 Å². The minimum atomic E-state index is -0.587. The molecule has 0 aliphatic rings. The molecular weight excluding hydrogens is 306 g/mol. The first-order chi connectivity index (χ1) is 11.5. The van der Waals surface area contributed by atoms with Gasteiger partial charge in [-0.15, -0.1) is 0 Å². The number of aliphatic imine (C=N–C) groups is 1. The standard InChI is InChI=1S/C17H19N5O2/c18-15(23)11-20-16(24)13-8-6-12(7-9-13)10-21-17(19)22-14-4-2-1-3-5-14/h1-9H,10-11H2,(H2,18,23)(H,20,24)(H3,19,21,22). The Balaban J connectivity index is 1.90. The fraction of sp³-hybridized carbons (Fsp3) is 0.118. The Labute approximate surface area is 139 Å². The highest BCUT2D eigenvalue weighted by Gasteiger charge is 2.06. The number of primary amides is 1. The van der Waals surface area contributed by atoms with Gasteiger partial charge in [-0.2, -0.15) is 0 Å². The molecule has 7 nitrogen and oxygen atoms in total. The Hall–Kier alpha value is -3.35. The maximum absolute atomic E-state index is 11.8. The summed E-state index contributed by atoms with van der Waals surface area (Å²) in [4.78, 5) is 26.6. The Bertz CT molecular complexity index is 726. The van der Waals surface area contributed by atoms with Crippen LogP contribution in [0.4, 0.5) is 5.69 Å². The molecule has 2 amide bonds. The van der Waals surface area contributed by atoms with Crippen LogP contribution in [0.2, 0.25) is 0 Å². The Kier molecular flexibility index (Phi) is 5.90. The number of carbonyl (C=O) groups is 2. The third kappa shape index (κ3) is 5.45. The first kappa shape index (κ1) is 17.0. The summed E-state index contributed by atoms with van der Waals surface area (Å²) >= 11 is 0. The molecular formula is C17H19N5O2. The number of nitrogens with two attached hydrogens (primary N) is 2. The summed E-state index contributed by atoms with van der Waals surface area (Å²) < 4.78 is 0. The Morgan fingerprint density at radius 3 is 2.25 bits per heavy atom. The van der Waals surface area contributed by atoms with E-state index in [-0.39, 0.29) is 12.5 Å². The number of guanidine groups is 1. The van der Waals surface area contributed by atoms with Crippen molar-refractivity contribution in [3.8, 4) is 0 Å².